The molecule has 0 amide bonds. The van der Waals surface area contributed by atoms with Gasteiger partial charge in [0.1, 0.15) is 5.75 Å². The molecule has 0 saturated heterocycles. The number of hydrogen-bond acceptors (Lipinski definition) is 1. The minimum absolute atomic E-state index is 0.380. The molecule has 0 bridgehead atoms. The van der Waals surface area contributed by atoms with Crippen molar-refractivity contribution in [2.45, 2.75) is 32.6 Å². The molecular formula is C15H18O. The highest BCUT2D eigenvalue weighted by Crippen LogP contribution is 2.30. The highest BCUT2D eigenvalue weighted by molar-refractivity contribution is 5.88. The van der Waals surface area contributed by atoms with E-state index in [0.717, 1.165) is 23.6 Å². The van der Waals surface area contributed by atoms with E-state index >= 15 is 0 Å². The molecule has 0 aromatic heterocycles. The molecule has 0 aliphatic carbocycles. The molecule has 2 aromatic carbocycles. The van der Waals surface area contributed by atoms with Crippen molar-refractivity contribution in [2.75, 3.05) is 0 Å². The zero-order valence-corrected chi connectivity index (χ0v) is 9.90. The molecule has 16 heavy (non-hydrogen) atoms. The van der Waals surface area contributed by atoms with Gasteiger partial charge in [0.15, 0.2) is 0 Å². The van der Waals surface area contributed by atoms with Gasteiger partial charge >= 0.3 is 0 Å². The van der Waals surface area contributed by atoms with Gasteiger partial charge in [-0.25, -0.2) is 0 Å². The van der Waals surface area contributed by atoms with Gasteiger partial charge in [-0.3, -0.25) is 0 Å². The number of phenolic OH excluding ortho intramolecular Hbond substituents is 1. The quantitative estimate of drug-likeness (QED) is 0.800. The first kappa shape index (κ1) is 11.0. The van der Waals surface area contributed by atoms with Gasteiger partial charge in [-0.15, -0.1) is 0 Å². The third-order valence-corrected chi connectivity index (χ3v) is 3.34. The SMILES string of the molecule is CCC(CC)c1ccc2cccc(O)c2c1. The largest absolute Gasteiger partial charge is 0.507 e. The van der Waals surface area contributed by atoms with Gasteiger partial charge < -0.3 is 5.11 Å². The van der Waals surface area contributed by atoms with Crippen LogP contribution in [0.15, 0.2) is 36.4 Å². The van der Waals surface area contributed by atoms with Gasteiger partial charge in [-0.2, -0.15) is 0 Å². The van der Waals surface area contributed by atoms with E-state index in [2.05, 4.69) is 32.0 Å². The first-order chi connectivity index (χ1) is 7.76. The molecule has 0 aliphatic heterocycles. The highest BCUT2D eigenvalue weighted by atomic mass is 16.3. The Morgan fingerprint density at radius 1 is 1.06 bits per heavy atom. The minimum Gasteiger partial charge on any atom is -0.507 e. The summed E-state index contributed by atoms with van der Waals surface area (Å²) >= 11 is 0. The smallest absolute Gasteiger partial charge is 0.123 e. The lowest BCUT2D eigenvalue weighted by Crippen LogP contribution is -1.94. The van der Waals surface area contributed by atoms with Crippen molar-refractivity contribution < 1.29 is 5.11 Å². The monoisotopic (exact) mass is 214 g/mol. The third-order valence-electron chi connectivity index (χ3n) is 3.34. The van der Waals surface area contributed by atoms with Crippen LogP contribution in [0.2, 0.25) is 0 Å². The summed E-state index contributed by atoms with van der Waals surface area (Å²) in [5, 5.41) is 11.9. The standard InChI is InChI=1S/C15H18O/c1-3-11(4-2)13-9-8-12-6-5-7-15(16)14(12)10-13/h5-11,16H,3-4H2,1-2H3. The van der Waals surface area contributed by atoms with Gasteiger partial charge in [0, 0.05) is 5.39 Å². The van der Waals surface area contributed by atoms with Crippen molar-refractivity contribution in [2.24, 2.45) is 0 Å². The summed E-state index contributed by atoms with van der Waals surface area (Å²) in [6, 6.07) is 12.1. The summed E-state index contributed by atoms with van der Waals surface area (Å²) in [4.78, 5) is 0. The molecule has 84 valence electrons. The molecule has 1 N–H and O–H groups in total. The van der Waals surface area contributed by atoms with Crippen LogP contribution in [0.4, 0.5) is 0 Å². The van der Waals surface area contributed by atoms with E-state index in [1.807, 2.05) is 12.1 Å². The second kappa shape index (κ2) is 4.56. The molecule has 1 heteroatoms. The van der Waals surface area contributed by atoms with E-state index in [9.17, 15) is 5.11 Å². The minimum atomic E-state index is 0.380. The molecule has 2 rings (SSSR count). The maximum Gasteiger partial charge on any atom is 0.123 e. The third kappa shape index (κ3) is 1.90. The summed E-state index contributed by atoms with van der Waals surface area (Å²) in [6.07, 6.45) is 2.30. The van der Waals surface area contributed by atoms with Crippen molar-refractivity contribution in [3.8, 4) is 5.75 Å². The zero-order valence-electron chi connectivity index (χ0n) is 9.90. The number of phenols is 1. The summed E-state index contributed by atoms with van der Waals surface area (Å²) in [7, 11) is 0. The van der Waals surface area contributed by atoms with E-state index in [4.69, 9.17) is 0 Å². The van der Waals surface area contributed by atoms with Crippen LogP contribution in [-0.2, 0) is 0 Å². The Morgan fingerprint density at radius 2 is 1.81 bits per heavy atom. The predicted octanol–water partition coefficient (Wildman–Crippen LogP) is 4.45. The number of fused-ring (bicyclic) bond motifs is 1. The second-order valence-corrected chi connectivity index (χ2v) is 4.27. The van der Waals surface area contributed by atoms with Crippen LogP contribution >= 0.6 is 0 Å². The Balaban J connectivity index is 2.54. The molecule has 0 fully saturated rings. The van der Waals surface area contributed by atoms with Gasteiger partial charge in [0.2, 0.25) is 0 Å². The molecular weight excluding hydrogens is 196 g/mol. The van der Waals surface area contributed by atoms with E-state index in [0.29, 0.717) is 11.7 Å². The predicted molar refractivity (Wildman–Crippen MR) is 68.9 cm³/mol. The summed E-state index contributed by atoms with van der Waals surface area (Å²) < 4.78 is 0. The van der Waals surface area contributed by atoms with Crippen molar-refractivity contribution in [3.05, 3.63) is 42.0 Å². The first-order valence-corrected chi connectivity index (χ1v) is 5.98. The summed E-state index contributed by atoms with van der Waals surface area (Å²) in [5.74, 6) is 0.981. The number of hydrogen-bond donors (Lipinski definition) is 1. The maximum atomic E-state index is 9.82. The van der Waals surface area contributed by atoms with Gasteiger partial charge in [0.05, 0.1) is 0 Å². The van der Waals surface area contributed by atoms with Crippen molar-refractivity contribution in [1.29, 1.82) is 0 Å². The van der Waals surface area contributed by atoms with E-state index in [1.54, 1.807) is 6.07 Å². The number of rotatable bonds is 3. The Hall–Kier alpha value is -1.50. The van der Waals surface area contributed by atoms with Gasteiger partial charge in [-0.05, 0) is 41.8 Å². The molecule has 0 saturated carbocycles. The summed E-state index contributed by atoms with van der Waals surface area (Å²) in [5.41, 5.74) is 1.33. The Kier molecular flexibility index (Phi) is 3.14. The highest BCUT2D eigenvalue weighted by Gasteiger charge is 2.08. The molecule has 0 spiro atoms. The topological polar surface area (TPSA) is 20.2 Å². The van der Waals surface area contributed by atoms with Gasteiger partial charge in [-0.1, -0.05) is 38.1 Å². The average Bonchev–Trinajstić information content (AvgIpc) is 2.32. The van der Waals surface area contributed by atoms with Crippen LogP contribution in [0.1, 0.15) is 38.2 Å². The molecule has 0 aliphatic rings. The van der Waals surface area contributed by atoms with Crippen LogP contribution in [0.25, 0.3) is 10.8 Å². The first-order valence-electron chi connectivity index (χ1n) is 5.98. The molecule has 0 heterocycles. The summed E-state index contributed by atoms with van der Waals surface area (Å²) in [6.45, 7) is 4.42. The van der Waals surface area contributed by atoms with E-state index in [-0.39, 0.29) is 0 Å². The average molecular weight is 214 g/mol. The van der Waals surface area contributed by atoms with Crippen LogP contribution in [0.5, 0.6) is 5.75 Å². The fourth-order valence-corrected chi connectivity index (χ4v) is 2.29. The normalized spacial score (nSPS) is 11.2. The second-order valence-electron chi connectivity index (χ2n) is 4.27. The number of aromatic hydroxyl groups is 1. The lowest BCUT2D eigenvalue weighted by Gasteiger charge is -2.13. The lowest BCUT2D eigenvalue weighted by molar-refractivity contribution is 0.481. The Morgan fingerprint density at radius 3 is 2.50 bits per heavy atom. The van der Waals surface area contributed by atoms with Crippen molar-refractivity contribution in [1.82, 2.24) is 0 Å². The molecule has 1 nitrogen and oxygen atoms in total. The Bertz CT molecular complexity index is 484. The van der Waals surface area contributed by atoms with Crippen LogP contribution in [0, 0.1) is 0 Å². The van der Waals surface area contributed by atoms with Crippen LogP contribution in [-0.4, -0.2) is 5.11 Å². The maximum absolute atomic E-state index is 9.82. The molecule has 0 radical (unpaired) electrons. The Labute approximate surface area is 96.7 Å². The van der Waals surface area contributed by atoms with Crippen molar-refractivity contribution in [3.63, 3.8) is 0 Å². The van der Waals surface area contributed by atoms with E-state index < -0.39 is 0 Å². The van der Waals surface area contributed by atoms with E-state index in [1.165, 1.54) is 5.56 Å². The zero-order chi connectivity index (χ0) is 11.5. The fraction of sp³-hybridized carbons (Fsp3) is 0.333. The van der Waals surface area contributed by atoms with Crippen LogP contribution < -0.4 is 0 Å². The molecule has 0 atom stereocenters. The van der Waals surface area contributed by atoms with Crippen LogP contribution in [0.3, 0.4) is 0 Å². The number of benzene rings is 2. The molecule has 2 aromatic rings. The molecule has 0 unspecified atom stereocenters. The van der Waals surface area contributed by atoms with Gasteiger partial charge in [0.25, 0.3) is 0 Å². The fourth-order valence-electron chi connectivity index (χ4n) is 2.29. The van der Waals surface area contributed by atoms with Crippen molar-refractivity contribution >= 4 is 10.8 Å². The lowest BCUT2D eigenvalue weighted by atomic mass is 9.92.